The van der Waals surface area contributed by atoms with Crippen LogP contribution in [0.3, 0.4) is 0 Å². The van der Waals surface area contributed by atoms with Gasteiger partial charge in [0.25, 0.3) is 0 Å². The zero-order chi connectivity index (χ0) is 26.6. The maximum Gasteiger partial charge on any atom is 0.472 e. The van der Waals surface area contributed by atoms with Crippen LogP contribution >= 0.6 is 15.6 Å². The first kappa shape index (κ1) is 29.3. The quantitative estimate of drug-likeness (QED) is 0.267. The fourth-order valence-electron chi connectivity index (χ4n) is 4.90. The van der Waals surface area contributed by atoms with Crippen molar-refractivity contribution in [3.63, 3.8) is 0 Å². The average molecular weight is 553 g/mol. The SMILES string of the molecule is CCCOP(=O)(O)OCC1OCC(N2C=NC3C(N)=NC=NC32)C1C(CC)(CC)OP(=O)(O)OCC. The van der Waals surface area contributed by atoms with Gasteiger partial charge in [0.1, 0.15) is 18.2 Å². The van der Waals surface area contributed by atoms with E-state index >= 15 is 0 Å². The number of nitrogens with two attached hydrogens (primary N) is 1. The van der Waals surface area contributed by atoms with E-state index in [0.29, 0.717) is 25.1 Å². The van der Waals surface area contributed by atoms with E-state index in [9.17, 15) is 18.9 Å². The average Bonchev–Trinajstić information content (AvgIpc) is 3.45. The maximum absolute atomic E-state index is 12.8. The van der Waals surface area contributed by atoms with Crippen LogP contribution in [0, 0.1) is 5.92 Å². The van der Waals surface area contributed by atoms with Gasteiger partial charge in [-0.25, -0.2) is 19.1 Å². The van der Waals surface area contributed by atoms with Crippen molar-refractivity contribution in [3.05, 3.63) is 0 Å². The lowest BCUT2D eigenvalue weighted by Crippen LogP contribution is -2.56. The number of fused-ring (bicyclic) bond motifs is 1. The lowest BCUT2D eigenvalue weighted by atomic mass is 9.76. The molecule has 7 atom stereocenters. The van der Waals surface area contributed by atoms with Crippen LogP contribution in [0.2, 0.25) is 0 Å². The van der Waals surface area contributed by atoms with Gasteiger partial charge in [-0.05, 0) is 26.2 Å². The first-order valence-corrected chi connectivity index (χ1v) is 15.1. The van der Waals surface area contributed by atoms with E-state index in [-0.39, 0.29) is 26.4 Å². The molecule has 3 rings (SSSR count). The smallest absolute Gasteiger partial charge is 0.385 e. The molecule has 3 heterocycles. The zero-order valence-corrected chi connectivity index (χ0v) is 22.8. The van der Waals surface area contributed by atoms with Crippen LogP contribution < -0.4 is 5.73 Å². The molecule has 7 unspecified atom stereocenters. The van der Waals surface area contributed by atoms with Gasteiger partial charge in [-0.3, -0.25) is 23.1 Å². The third kappa shape index (κ3) is 6.43. The first-order chi connectivity index (χ1) is 17.0. The largest absolute Gasteiger partial charge is 0.472 e. The minimum atomic E-state index is -4.44. The number of phosphoric ester groups is 2. The summed E-state index contributed by atoms with van der Waals surface area (Å²) in [4.78, 5) is 35.3. The second-order valence-electron chi connectivity index (χ2n) is 8.70. The van der Waals surface area contributed by atoms with Crippen molar-refractivity contribution in [1.82, 2.24) is 4.90 Å². The molecule has 1 fully saturated rings. The van der Waals surface area contributed by atoms with Crippen molar-refractivity contribution in [1.29, 1.82) is 0 Å². The van der Waals surface area contributed by atoms with Crippen molar-refractivity contribution >= 4 is 34.2 Å². The number of ether oxygens (including phenoxy) is 1. The summed E-state index contributed by atoms with van der Waals surface area (Å²) in [7, 11) is -8.77. The van der Waals surface area contributed by atoms with E-state index in [4.69, 9.17) is 28.6 Å². The molecule has 0 amide bonds. The predicted octanol–water partition coefficient (Wildman–Crippen LogP) is 2.06. The summed E-state index contributed by atoms with van der Waals surface area (Å²) in [6.45, 7) is 6.93. The zero-order valence-electron chi connectivity index (χ0n) is 21.0. The predicted molar refractivity (Wildman–Crippen MR) is 133 cm³/mol. The lowest BCUT2D eigenvalue weighted by molar-refractivity contribution is -0.0760. The van der Waals surface area contributed by atoms with E-state index in [2.05, 4.69) is 15.0 Å². The van der Waals surface area contributed by atoms with Crippen LogP contribution in [0.5, 0.6) is 0 Å². The molecule has 3 aliphatic rings. The molecule has 0 aromatic rings. The highest BCUT2D eigenvalue weighted by molar-refractivity contribution is 7.47. The Morgan fingerprint density at radius 3 is 2.50 bits per heavy atom. The highest BCUT2D eigenvalue weighted by Crippen LogP contribution is 2.54. The third-order valence-corrected chi connectivity index (χ3v) is 8.77. The van der Waals surface area contributed by atoms with Crippen LogP contribution in [0.4, 0.5) is 0 Å². The molecule has 3 aliphatic heterocycles. The summed E-state index contributed by atoms with van der Waals surface area (Å²) in [5, 5.41) is 0. The molecule has 36 heavy (non-hydrogen) atoms. The van der Waals surface area contributed by atoms with Gasteiger partial charge in [0.15, 0.2) is 6.17 Å². The minimum absolute atomic E-state index is 0.0211. The van der Waals surface area contributed by atoms with Gasteiger partial charge in [-0.2, -0.15) is 0 Å². The standard InChI is InChI=1S/C20H37N5O9P2/c1-5-9-32-35(26,27)33-11-15-16(20(6-2,7-3)34-36(28,29)31-8-4)14(10-30-15)25-13-24-17-18(21)22-12-23-19(17)25/h12-17,19H,5-11H2,1-4H3,(H,26,27)(H,28,29)(H2,21,22,23). The van der Waals surface area contributed by atoms with Crippen molar-refractivity contribution in [3.8, 4) is 0 Å². The number of hydrogen-bond donors (Lipinski definition) is 3. The highest BCUT2D eigenvalue weighted by Gasteiger charge is 2.57. The number of phosphoric acid groups is 2. The van der Waals surface area contributed by atoms with Gasteiger partial charge in [0, 0.05) is 5.92 Å². The second-order valence-corrected chi connectivity index (χ2v) is 11.5. The Bertz CT molecular complexity index is 945. The van der Waals surface area contributed by atoms with Gasteiger partial charge < -0.3 is 25.2 Å². The maximum atomic E-state index is 12.8. The highest BCUT2D eigenvalue weighted by atomic mass is 31.2. The number of rotatable bonds is 14. The molecule has 0 aliphatic carbocycles. The Hall–Kier alpha value is -1.21. The molecule has 0 aromatic heterocycles. The van der Waals surface area contributed by atoms with Crippen LogP contribution in [0.25, 0.3) is 0 Å². The van der Waals surface area contributed by atoms with E-state index in [1.165, 1.54) is 6.34 Å². The summed E-state index contributed by atoms with van der Waals surface area (Å²) in [5.41, 5.74) is 4.80. The fourth-order valence-corrected chi connectivity index (χ4v) is 6.94. The molecule has 0 radical (unpaired) electrons. The second kappa shape index (κ2) is 12.1. The fraction of sp³-hybridized carbons (Fsp3) is 0.850. The Balaban J connectivity index is 1.94. The Kier molecular flexibility index (Phi) is 9.87. The Morgan fingerprint density at radius 2 is 1.86 bits per heavy atom. The summed E-state index contributed by atoms with van der Waals surface area (Å²) in [5.74, 6) is -0.289. The van der Waals surface area contributed by atoms with E-state index in [1.807, 2.05) is 18.7 Å². The lowest BCUT2D eigenvalue weighted by Gasteiger charge is -2.45. The van der Waals surface area contributed by atoms with Gasteiger partial charge in [-0.1, -0.05) is 20.8 Å². The van der Waals surface area contributed by atoms with E-state index in [0.717, 1.165) is 0 Å². The Morgan fingerprint density at radius 1 is 1.14 bits per heavy atom. The van der Waals surface area contributed by atoms with Crippen LogP contribution in [0.15, 0.2) is 15.0 Å². The molecule has 16 heteroatoms. The molecular formula is C20H37N5O9P2. The normalized spacial score (nSPS) is 31.2. The number of nitrogens with zero attached hydrogens (tertiary/aromatic N) is 4. The third-order valence-electron chi connectivity index (χ3n) is 6.61. The molecule has 206 valence electrons. The molecule has 0 spiro atoms. The molecule has 0 saturated carbocycles. The molecule has 4 N–H and O–H groups in total. The minimum Gasteiger partial charge on any atom is -0.385 e. The van der Waals surface area contributed by atoms with Crippen LogP contribution in [-0.2, 0) is 32.0 Å². The molecule has 0 aromatic carbocycles. The molecule has 1 saturated heterocycles. The molecular weight excluding hydrogens is 516 g/mol. The van der Waals surface area contributed by atoms with Crippen molar-refractivity contribution in [2.24, 2.45) is 26.6 Å². The van der Waals surface area contributed by atoms with E-state index < -0.39 is 51.5 Å². The first-order valence-electron chi connectivity index (χ1n) is 12.1. The molecule has 0 bridgehead atoms. The van der Waals surface area contributed by atoms with Crippen molar-refractivity contribution in [2.45, 2.75) is 76.9 Å². The summed E-state index contributed by atoms with van der Waals surface area (Å²) >= 11 is 0. The van der Waals surface area contributed by atoms with E-state index in [1.54, 1.807) is 20.2 Å². The van der Waals surface area contributed by atoms with Gasteiger partial charge in [-0.15, -0.1) is 0 Å². The van der Waals surface area contributed by atoms with Crippen LogP contribution in [-0.4, -0.2) is 89.6 Å². The monoisotopic (exact) mass is 553 g/mol. The summed E-state index contributed by atoms with van der Waals surface area (Å²) in [6, 6.07) is -0.923. The number of amidine groups is 1. The van der Waals surface area contributed by atoms with Gasteiger partial charge in [0.05, 0.1) is 50.5 Å². The summed E-state index contributed by atoms with van der Waals surface area (Å²) < 4.78 is 52.3. The van der Waals surface area contributed by atoms with Crippen molar-refractivity contribution in [2.75, 3.05) is 26.4 Å². The topological polar surface area (TPSA) is 187 Å². The van der Waals surface area contributed by atoms with Gasteiger partial charge >= 0.3 is 15.6 Å². The van der Waals surface area contributed by atoms with Gasteiger partial charge in [0.2, 0.25) is 0 Å². The number of aliphatic imine (C=N–C) groups is 3. The summed E-state index contributed by atoms with van der Waals surface area (Å²) in [6.07, 6.45) is 2.89. The van der Waals surface area contributed by atoms with Crippen LogP contribution in [0.1, 0.15) is 47.0 Å². The Labute approximate surface area is 211 Å². The number of hydrogen-bond acceptors (Lipinski definition) is 12. The van der Waals surface area contributed by atoms with Crippen molar-refractivity contribution < 1.29 is 41.7 Å². The molecule has 14 nitrogen and oxygen atoms in total.